The third-order valence-electron chi connectivity index (χ3n) is 0.934. The van der Waals surface area contributed by atoms with Crippen molar-refractivity contribution in [3.05, 3.63) is 35.9 Å². The molecule has 0 aromatic rings. The Hall–Kier alpha value is -0.490. The van der Waals surface area contributed by atoms with Gasteiger partial charge in [-0.1, -0.05) is 42.5 Å². The highest BCUT2D eigenvalue weighted by molar-refractivity contribution is 6.29. The highest BCUT2D eigenvalue weighted by Crippen LogP contribution is 2.05. The summed E-state index contributed by atoms with van der Waals surface area (Å²) in [7, 11) is 0. The van der Waals surface area contributed by atoms with Crippen LogP contribution in [0.3, 0.4) is 0 Å². The zero-order valence-electron chi connectivity index (χ0n) is 5.65. The molecule has 0 amide bonds. The molecule has 0 aromatic heterocycles. The quantitative estimate of drug-likeness (QED) is 0.531. The van der Waals surface area contributed by atoms with Gasteiger partial charge in [0.05, 0.1) is 0 Å². The Kier molecular flexibility index (Phi) is 4.16. The fourth-order valence-corrected chi connectivity index (χ4v) is 0.432. The van der Waals surface area contributed by atoms with Gasteiger partial charge in [0.25, 0.3) is 0 Å². The molecule has 50 valence electrons. The Labute approximate surface area is 61.5 Å². The summed E-state index contributed by atoms with van der Waals surface area (Å²) >= 11 is 5.56. The molecule has 1 heteroatoms. The second-order valence-corrected chi connectivity index (χ2v) is 2.45. The van der Waals surface area contributed by atoms with Gasteiger partial charge in [0.15, 0.2) is 0 Å². The van der Waals surface area contributed by atoms with Crippen LogP contribution in [0.25, 0.3) is 0 Å². The van der Waals surface area contributed by atoms with Crippen molar-refractivity contribution in [2.75, 3.05) is 0 Å². The molecule has 0 spiro atoms. The van der Waals surface area contributed by atoms with Crippen LogP contribution in [-0.2, 0) is 0 Å². The molecular weight excluding hydrogens is 132 g/mol. The lowest BCUT2D eigenvalue weighted by atomic mass is 10.2. The van der Waals surface area contributed by atoms with E-state index in [0.29, 0.717) is 0 Å². The number of halogens is 1. The van der Waals surface area contributed by atoms with E-state index in [1.807, 2.05) is 13.0 Å². The lowest BCUT2D eigenvalue weighted by Gasteiger charge is -1.90. The third-order valence-corrected chi connectivity index (χ3v) is 1.09. The molecule has 0 saturated carbocycles. The minimum atomic E-state index is 0.804. The van der Waals surface area contributed by atoms with E-state index in [4.69, 9.17) is 11.6 Å². The number of hydrogen-bond acceptors (Lipinski definition) is 0. The minimum absolute atomic E-state index is 0.804. The standard InChI is InChI=1S/C8H11Cl/c1-4-7(2)5-6-8(3)9/h4,6H,1-2,5H2,3H3/b8-6-. The van der Waals surface area contributed by atoms with Crippen LogP contribution in [0, 0.1) is 0 Å². The highest BCUT2D eigenvalue weighted by atomic mass is 35.5. The third kappa shape index (κ3) is 5.38. The maximum Gasteiger partial charge on any atom is 0.0113 e. The van der Waals surface area contributed by atoms with Crippen molar-refractivity contribution < 1.29 is 0 Å². The van der Waals surface area contributed by atoms with Gasteiger partial charge in [0.1, 0.15) is 0 Å². The van der Waals surface area contributed by atoms with Gasteiger partial charge in [-0.05, 0) is 13.3 Å². The van der Waals surface area contributed by atoms with E-state index in [1.165, 1.54) is 0 Å². The van der Waals surface area contributed by atoms with Gasteiger partial charge in [-0.2, -0.15) is 0 Å². The average Bonchev–Trinajstić information content (AvgIpc) is 1.83. The average molecular weight is 143 g/mol. The number of allylic oxidation sites excluding steroid dienone is 4. The SMILES string of the molecule is C=CC(=C)C/C=C(/C)Cl. The zero-order valence-corrected chi connectivity index (χ0v) is 6.41. The monoisotopic (exact) mass is 142 g/mol. The van der Waals surface area contributed by atoms with Gasteiger partial charge in [0, 0.05) is 5.03 Å². The summed E-state index contributed by atoms with van der Waals surface area (Å²) in [5, 5.41) is 0.804. The predicted molar refractivity (Wildman–Crippen MR) is 43.6 cm³/mol. The van der Waals surface area contributed by atoms with Gasteiger partial charge >= 0.3 is 0 Å². The van der Waals surface area contributed by atoms with Crippen LogP contribution in [-0.4, -0.2) is 0 Å². The smallest absolute Gasteiger partial charge is 0.0113 e. The first-order chi connectivity index (χ1) is 4.16. The summed E-state index contributed by atoms with van der Waals surface area (Å²) in [6, 6.07) is 0. The molecule has 0 unspecified atom stereocenters. The molecule has 0 aliphatic rings. The second-order valence-electron chi connectivity index (χ2n) is 1.86. The Morgan fingerprint density at radius 3 is 2.56 bits per heavy atom. The van der Waals surface area contributed by atoms with E-state index < -0.39 is 0 Å². The van der Waals surface area contributed by atoms with Crippen LogP contribution < -0.4 is 0 Å². The van der Waals surface area contributed by atoms with E-state index in [1.54, 1.807) is 6.08 Å². The Balaban J connectivity index is 3.63. The van der Waals surface area contributed by atoms with E-state index >= 15 is 0 Å². The van der Waals surface area contributed by atoms with Crippen molar-refractivity contribution in [1.82, 2.24) is 0 Å². The van der Waals surface area contributed by atoms with Crippen molar-refractivity contribution in [2.45, 2.75) is 13.3 Å². The molecule has 0 N–H and O–H groups in total. The second kappa shape index (κ2) is 4.39. The van der Waals surface area contributed by atoms with E-state index in [2.05, 4.69) is 13.2 Å². The Bertz CT molecular complexity index is 139. The normalized spacial score (nSPS) is 11.1. The van der Waals surface area contributed by atoms with E-state index in [0.717, 1.165) is 17.0 Å². The predicted octanol–water partition coefficient (Wildman–Crippen LogP) is 3.26. The molecule has 0 aromatic carbocycles. The van der Waals surface area contributed by atoms with E-state index in [9.17, 15) is 0 Å². The van der Waals surface area contributed by atoms with Crippen LogP contribution >= 0.6 is 11.6 Å². The van der Waals surface area contributed by atoms with Gasteiger partial charge in [0.2, 0.25) is 0 Å². The van der Waals surface area contributed by atoms with Crippen molar-refractivity contribution in [3.63, 3.8) is 0 Å². The number of rotatable bonds is 3. The summed E-state index contributed by atoms with van der Waals surface area (Å²) in [6.07, 6.45) is 4.45. The molecule has 0 fully saturated rings. The molecular formula is C8H11Cl. The van der Waals surface area contributed by atoms with Crippen molar-refractivity contribution in [3.8, 4) is 0 Å². The zero-order chi connectivity index (χ0) is 7.28. The molecule has 0 aliphatic heterocycles. The van der Waals surface area contributed by atoms with Gasteiger partial charge < -0.3 is 0 Å². The molecule has 0 bridgehead atoms. The van der Waals surface area contributed by atoms with E-state index in [-0.39, 0.29) is 0 Å². The summed E-state index contributed by atoms with van der Waals surface area (Å²) < 4.78 is 0. The summed E-state index contributed by atoms with van der Waals surface area (Å²) in [6.45, 7) is 9.14. The van der Waals surface area contributed by atoms with Crippen LogP contribution in [0.15, 0.2) is 35.9 Å². The van der Waals surface area contributed by atoms with Gasteiger partial charge in [-0.3, -0.25) is 0 Å². The van der Waals surface area contributed by atoms with Crippen LogP contribution in [0.2, 0.25) is 0 Å². The minimum Gasteiger partial charge on any atom is -0.0988 e. The summed E-state index contributed by atoms with van der Waals surface area (Å²) in [4.78, 5) is 0. The van der Waals surface area contributed by atoms with Crippen LogP contribution in [0.4, 0.5) is 0 Å². The summed E-state index contributed by atoms with van der Waals surface area (Å²) in [5.74, 6) is 0. The maximum atomic E-state index is 5.56. The fourth-order valence-electron chi connectivity index (χ4n) is 0.355. The maximum absolute atomic E-state index is 5.56. The van der Waals surface area contributed by atoms with Crippen molar-refractivity contribution in [2.24, 2.45) is 0 Å². The van der Waals surface area contributed by atoms with Crippen LogP contribution in [0.5, 0.6) is 0 Å². The fraction of sp³-hybridized carbons (Fsp3) is 0.250. The lowest BCUT2D eigenvalue weighted by molar-refractivity contribution is 1.29. The van der Waals surface area contributed by atoms with Gasteiger partial charge in [-0.15, -0.1) is 0 Å². The highest BCUT2D eigenvalue weighted by Gasteiger charge is 1.82. The summed E-state index contributed by atoms with van der Waals surface area (Å²) in [5.41, 5.74) is 0.995. The molecule has 0 aliphatic carbocycles. The Morgan fingerprint density at radius 1 is 1.67 bits per heavy atom. The topological polar surface area (TPSA) is 0 Å². The molecule has 0 saturated heterocycles. The Morgan fingerprint density at radius 2 is 2.22 bits per heavy atom. The first-order valence-corrected chi connectivity index (χ1v) is 3.17. The van der Waals surface area contributed by atoms with Gasteiger partial charge in [-0.25, -0.2) is 0 Å². The molecule has 9 heavy (non-hydrogen) atoms. The molecule has 0 heterocycles. The molecule has 0 atom stereocenters. The molecule has 0 nitrogen and oxygen atoms in total. The van der Waals surface area contributed by atoms with Crippen molar-refractivity contribution >= 4 is 11.6 Å². The lowest BCUT2D eigenvalue weighted by Crippen LogP contribution is -1.69. The van der Waals surface area contributed by atoms with Crippen molar-refractivity contribution in [1.29, 1.82) is 0 Å². The molecule has 0 rings (SSSR count). The first kappa shape index (κ1) is 8.51. The first-order valence-electron chi connectivity index (χ1n) is 2.79. The number of hydrogen-bond donors (Lipinski definition) is 0. The largest absolute Gasteiger partial charge is 0.0988 e. The van der Waals surface area contributed by atoms with Crippen LogP contribution in [0.1, 0.15) is 13.3 Å². The molecule has 0 radical (unpaired) electrons.